The average Bonchev–Trinajstić information content (AvgIpc) is 2.65. The van der Waals surface area contributed by atoms with Crippen LogP contribution in [0.1, 0.15) is 11.6 Å². The molecule has 24 heavy (non-hydrogen) atoms. The topological polar surface area (TPSA) is 74.0 Å². The van der Waals surface area contributed by atoms with Gasteiger partial charge in [0.1, 0.15) is 6.04 Å². The minimum atomic E-state index is -0.754. The van der Waals surface area contributed by atoms with Gasteiger partial charge in [0.05, 0.1) is 27.0 Å². The molecule has 6 heteroatoms. The monoisotopic (exact) mass is 330 g/mol. The molecule has 0 fully saturated rings. The van der Waals surface area contributed by atoms with Crippen molar-refractivity contribution in [2.45, 2.75) is 6.04 Å². The van der Waals surface area contributed by atoms with E-state index >= 15 is 0 Å². The van der Waals surface area contributed by atoms with E-state index in [0.717, 1.165) is 5.56 Å². The summed E-state index contributed by atoms with van der Waals surface area (Å²) in [5, 5.41) is 0. The third-order valence-electron chi connectivity index (χ3n) is 3.79. The van der Waals surface area contributed by atoms with Crippen molar-refractivity contribution in [3.05, 3.63) is 48.0 Å². The van der Waals surface area contributed by atoms with Gasteiger partial charge in [0.25, 0.3) is 0 Å². The average molecular weight is 330 g/mol. The van der Waals surface area contributed by atoms with Crippen LogP contribution in [-0.2, 0) is 4.79 Å². The summed E-state index contributed by atoms with van der Waals surface area (Å²) in [6, 6.07) is 11.9. The minimum Gasteiger partial charge on any atom is -0.493 e. The molecule has 0 aliphatic heterocycles. The van der Waals surface area contributed by atoms with Crippen LogP contribution in [0.15, 0.2) is 42.5 Å². The van der Waals surface area contributed by atoms with Crippen LogP contribution in [0, 0.1) is 0 Å². The molecule has 0 aromatic heterocycles. The lowest BCUT2D eigenvalue weighted by Gasteiger charge is -2.23. The van der Waals surface area contributed by atoms with Gasteiger partial charge in [-0.05, 0) is 5.56 Å². The molecule has 2 rings (SSSR count). The van der Waals surface area contributed by atoms with Crippen LogP contribution < -0.4 is 24.8 Å². The predicted octanol–water partition coefficient (Wildman–Crippen LogP) is 2.38. The first-order valence-electron chi connectivity index (χ1n) is 7.41. The van der Waals surface area contributed by atoms with Gasteiger partial charge in [0.2, 0.25) is 11.7 Å². The van der Waals surface area contributed by atoms with Gasteiger partial charge in [-0.2, -0.15) is 0 Å². The molecule has 2 aromatic rings. The standard InChI is InChI=1S/C18H22N2O4/c1-20(18(21)16(19)12-8-6-5-7-9-12)13-10-14(22-2)17(24-4)15(11-13)23-3/h5-11,16H,19H2,1-4H3. The Morgan fingerprint density at radius 3 is 2.00 bits per heavy atom. The summed E-state index contributed by atoms with van der Waals surface area (Å²) < 4.78 is 15.9. The van der Waals surface area contributed by atoms with Crippen LogP contribution in [0.3, 0.4) is 0 Å². The number of ether oxygens (including phenoxy) is 3. The highest BCUT2D eigenvalue weighted by molar-refractivity contribution is 5.97. The molecular weight excluding hydrogens is 308 g/mol. The quantitative estimate of drug-likeness (QED) is 0.880. The summed E-state index contributed by atoms with van der Waals surface area (Å²) in [6.45, 7) is 0. The molecule has 1 unspecified atom stereocenters. The van der Waals surface area contributed by atoms with Crippen molar-refractivity contribution < 1.29 is 19.0 Å². The number of nitrogens with zero attached hydrogens (tertiary/aromatic N) is 1. The van der Waals surface area contributed by atoms with Crippen molar-refractivity contribution in [3.8, 4) is 17.2 Å². The van der Waals surface area contributed by atoms with Gasteiger partial charge < -0.3 is 24.8 Å². The van der Waals surface area contributed by atoms with Gasteiger partial charge in [-0.3, -0.25) is 4.79 Å². The van der Waals surface area contributed by atoms with Crippen molar-refractivity contribution in [2.75, 3.05) is 33.3 Å². The van der Waals surface area contributed by atoms with E-state index in [1.807, 2.05) is 30.3 Å². The van der Waals surface area contributed by atoms with E-state index in [2.05, 4.69) is 0 Å². The van der Waals surface area contributed by atoms with Crippen LogP contribution in [0.4, 0.5) is 5.69 Å². The second kappa shape index (κ2) is 7.70. The fraction of sp³-hybridized carbons (Fsp3) is 0.278. The number of carbonyl (C=O) groups is 1. The van der Waals surface area contributed by atoms with Gasteiger partial charge in [-0.15, -0.1) is 0 Å². The fourth-order valence-electron chi connectivity index (χ4n) is 2.40. The Labute approximate surface area is 141 Å². The SMILES string of the molecule is COc1cc(N(C)C(=O)C(N)c2ccccc2)cc(OC)c1OC. The molecule has 0 bridgehead atoms. The Morgan fingerprint density at radius 2 is 1.54 bits per heavy atom. The zero-order valence-corrected chi connectivity index (χ0v) is 14.3. The number of rotatable bonds is 6. The van der Waals surface area contributed by atoms with E-state index in [1.54, 1.807) is 19.2 Å². The van der Waals surface area contributed by atoms with E-state index < -0.39 is 6.04 Å². The van der Waals surface area contributed by atoms with E-state index in [-0.39, 0.29) is 5.91 Å². The lowest BCUT2D eigenvalue weighted by molar-refractivity contribution is -0.119. The van der Waals surface area contributed by atoms with Crippen LogP contribution >= 0.6 is 0 Å². The first-order chi connectivity index (χ1) is 11.5. The predicted molar refractivity (Wildman–Crippen MR) is 92.9 cm³/mol. The van der Waals surface area contributed by atoms with Crippen molar-refractivity contribution >= 4 is 11.6 Å². The molecule has 0 aliphatic carbocycles. The van der Waals surface area contributed by atoms with Gasteiger partial charge in [-0.1, -0.05) is 30.3 Å². The Bertz CT molecular complexity index is 678. The molecule has 1 atom stereocenters. The van der Waals surface area contributed by atoms with Gasteiger partial charge in [0, 0.05) is 19.2 Å². The summed E-state index contributed by atoms with van der Waals surface area (Å²) in [7, 11) is 6.24. The van der Waals surface area contributed by atoms with E-state index in [0.29, 0.717) is 22.9 Å². The highest BCUT2D eigenvalue weighted by Gasteiger charge is 2.23. The Balaban J connectivity index is 2.35. The number of carbonyl (C=O) groups excluding carboxylic acids is 1. The van der Waals surface area contributed by atoms with Crippen molar-refractivity contribution in [1.29, 1.82) is 0 Å². The van der Waals surface area contributed by atoms with Crippen LogP contribution in [0.25, 0.3) is 0 Å². The molecule has 0 saturated heterocycles. The van der Waals surface area contributed by atoms with Gasteiger partial charge in [-0.25, -0.2) is 0 Å². The molecule has 0 aliphatic rings. The van der Waals surface area contributed by atoms with E-state index in [4.69, 9.17) is 19.9 Å². The highest BCUT2D eigenvalue weighted by atomic mass is 16.5. The first-order valence-corrected chi connectivity index (χ1v) is 7.41. The lowest BCUT2D eigenvalue weighted by Crippen LogP contribution is -2.35. The fourth-order valence-corrected chi connectivity index (χ4v) is 2.40. The third-order valence-corrected chi connectivity index (χ3v) is 3.79. The summed E-state index contributed by atoms with van der Waals surface area (Å²) in [4.78, 5) is 14.2. The minimum absolute atomic E-state index is 0.240. The Morgan fingerprint density at radius 1 is 1.00 bits per heavy atom. The lowest BCUT2D eigenvalue weighted by atomic mass is 10.1. The summed E-state index contributed by atoms with van der Waals surface area (Å²) in [6.07, 6.45) is 0. The number of hydrogen-bond acceptors (Lipinski definition) is 5. The zero-order chi connectivity index (χ0) is 17.7. The molecule has 128 valence electrons. The van der Waals surface area contributed by atoms with Crippen molar-refractivity contribution in [1.82, 2.24) is 0 Å². The molecule has 6 nitrogen and oxygen atoms in total. The highest BCUT2D eigenvalue weighted by Crippen LogP contribution is 2.41. The molecule has 0 heterocycles. The number of nitrogens with two attached hydrogens (primary N) is 1. The molecule has 1 amide bonds. The summed E-state index contributed by atoms with van der Waals surface area (Å²) >= 11 is 0. The Hall–Kier alpha value is -2.73. The molecule has 0 spiro atoms. The number of hydrogen-bond donors (Lipinski definition) is 1. The molecular formula is C18H22N2O4. The number of likely N-dealkylation sites (N-methyl/N-ethyl adjacent to an activating group) is 1. The molecule has 2 N–H and O–H groups in total. The largest absolute Gasteiger partial charge is 0.493 e. The second-order valence-electron chi connectivity index (χ2n) is 5.17. The maximum absolute atomic E-state index is 12.7. The summed E-state index contributed by atoms with van der Waals surface area (Å²) in [5.74, 6) is 1.17. The second-order valence-corrected chi connectivity index (χ2v) is 5.17. The third kappa shape index (κ3) is 3.44. The maximum Gasteiger partial charge on any atom is 0.248 e. The van der Waals surface area contributed by atoms with Crippen LogP contribution in [0.5, 0.6) is 17.2 Å². The number of amides is 1. The number of methoxy groups -OCH3 is 3. The smallest absolute Gasteiger partial charge is 0.248 e. The van der Waals surface area contributed by atoms with Crippen LogP contribution in [0.2, 0.25) is 0 Å². The number of anilines is 1. The number of benzene rings is 2. The van der Waals surface area contributed by atoms with Crippen molar-refractivity contribution in [2.24, 2.45) is 5.73 Å². The van der Waals surface area contributed by atoms with E-state index in [1.165, 1.54) is 26.2 Å². The van der Waals surface area contributed by atoms with Crippen molar-refractivity contribution in [3.63, 3.8) is 0 Å². The molecule has 0 radical (unpaired) electrons. The zero-order valence-electron chi connectivity index (χ0n) is 14.3. The van der Waals surface area contributed by atoms with Gasteiger partial charge in [0.15, 0.2) is 11.5 Å². The molecule has 2 aromatic carbocycles. The van der Waals surface area contributed by atoms with Gasteiger partial charge >= 0.3 is 0 Å². The van der Waals surface area contributed by atoms with Crippen LogP contribution in [-0.4, -0.2) is 34.3 Å². The molecule has 0 saturated carbocycles. The first kappa shape index (κ1) is 17.6. The maximum atomic E-state index is 12.7. The summed E-state index contributed by atoms with van der Waals surface area (Å²) in [5.41, 5.74) is 7.45. The normalized spacial score (nSPS) is 11.5. The Kier molecular flexibility index (Phi) is 5.65. The van der Waals surface area contributed by atoms with E-state index in [9.17, 15) is 4.79 Å².